The zero-order valence-corrected chi connectivity index (χ0v) is 16.8. The summed E-state index contributed by atoms with van der Waals surface area (Å²) in [5.74, 6) is 1.01. The number of carbonyl (C=O) groups excluding carboxylic acids is 1. The monoisotopic (exact) mass is 396 g/mol. The van der Waals surface area contributed by atoms with Crippen molar-refractivity contribution >= 4 is 17.5 Å². The van der Waals surface area contributed by atoms with Crippen LogP contribution >= 0.6 is 11.6 Å². The molecule has 1 aromatic carbocycles. The second-order valence-electron chi connectivity index (χ2n) is 7.25. The highest BCUT2D eigenvalue weighted by Crippen LogP contribution is 2.24. The molecule has 1 N–H and O–H groups in total. The van der Waals surface area contributed by atoms with E-state index in [4.69, 9.17) is 25.8 Å². The molecule has 1 amide bonds. The van der Waals surface area contributed by atoms with Crippen molar-refractivity contribution in [2.45, 2.75) is 32.4 Å². The standard InChI is InChI=1S/C20H29ClN2O4/c1-14-11-17(21)3-4-19(14)27-15(2)20(24)22-12-18(16-5-8-26-13-16)23-6-9-25-10-7-23/h3-4,11,15-16,18H,5-10,12-13H2,1-2H3,(H,22,24). The van der Waals surface area contributed by atoms with Gasteiger partial charge in [-0.05, 0) is 44.0 Å². The summed E-state index contributed by atoms with van der Waals surface area (Å²) in [5.41, 5.74) is 0.913. The average molecular weight is 397 g/mol. The van der Waals surface area contributed by atoms with Crippen molar-refractivity contribution in [2.24, 2.45) is 5.92 Å². The Morgan fingerprint density at radius 2 is 2.11 bits per heavy atom. The molecule has 3 unspecified atom stereocenters. The van der Waals surface area contributed by atoms with E-state index in [1.165, 1.54) is 0 Å². The van der Waals surface area contributed by atoms with Crippen LogP contribution in [0, 0.1) is 12.8 Å². The van der Waals surface area contributed by atoms with Gasteiger partial charge in [-0.2, -0.15) is 0 Å². The van der Waals surface area contributed by atoms with Gasteiger partial charge in [-0.25, -0.2) is 0 Å². The van der Waals surface area contributed by atoms with E-state index in [1.54, 1.807) is 19.1 Å². The molecule has 1 aromatic rings. The molecule has 6 nitrogen and oxygen atoms in total. The molecule has 0 aliphatic carbocycles. The third-order valence-electron chi connectivity index (χ3n) is 5.32. The Bertz CT molecular complexity index is 630. The van der Waals surface area contributed by atoms with Gasteiger partial charge < -0.3 is 19.5 Å². The second kappa shape index (κ2) is 9.73. The topological polar surface area (TPSA) is 60.0 Å². The molecule has 2 aliphatic heterocycles. The lowest BCUT2D eigenvalue weighted by Gasteiger charge is -2.37. The number of hydrogen-bond donors (Lipinski definition) is 1. The SMILES string of the molecule is Cc1cc(Cl)ccc1OC(C)C(=O)NCC(C1CCOC1)N1CCOCC1. The van der Waals surface area contributed by atoms with E-state index in [0.717, 1.165) is 51.5 Å². The first kappa shape index (κ1) is 20.4. The Morgan fingerprint density at radius 3 is 2.78 bits per heavy atom. The molecule has 2 fully saturated rings. The quantitative estimate of drug-likeness (QED) is 0.766. The molecule has 2 heterocycles. The smallest absolute Gasteiger partial charge is 0.260 e. The van der Waals surface area contributed by atoms with Crippen molar-refractivity contribution in [3.05, 3.63) is 28.8 Å². The van der Waals surface area contributed by atoms with Crippen LogP contribution in [0.25, 0.3) is 0 Å². The largest absolute Gasteiger partial charge is 0.481 e. The highest BCUT2D eigenvalue weighted by Gasteiger charge is 2.32. The minimum atomic E-state index is -0.574. The molecule has 2 aliphatic rings. The van der Waals surface area contributed by atoms with Crippen LogP contribution in [-0.4, -0.2) is 69.0 Å². The van der Waals surface area contributed by atoms with Crippen LogP contribution < -0.4 is 10.1 Å². The van der Waals surface area contributed by atoms with Crippen LogP contribution in [0.3, 0.4) is 0 Å². The molecule has 7 heteroatoms. The van der Waals surface area contributed by atoms with Crippen LogP contribution in [0.15, 0.2) is 18.2 Å². The van der Waals surface area contributed by atoms with Crippen molar-refractivity contribution in [3.8, 4) is 5.75 Å². The maximum Gasteiger partial charge on any atom is 0.260 e. The summed E-state index contributed by atoms with van der Waals surface area (Å²) < 4.78 is 16.9. The van der Waals surface area contributed by atoms with Gasteiger partial charge in [0.2, 0.25) is 0 Å². The second-order valence-corrected chi connectivity index (χ2v) is 7.69. The fourth-order valence-corrected chi connectivity index (χ4v) is 3.92. The van der Waals surface area contributed by atoms with E-state index in [2.05, 4.69) is 10.2 Å². The number of nitrogens with zero attached hydrogens (tertiary/aromatic N) is 1. The van der Waals surface area contributed by atoms with Gasteiger partial charge in [0.15, 0.2) is 6.10 Å². The predicted molar refractivity (Wildman–Crippen MR) is 104 cm³/mol. The normalized spacial score (nSPS) is 23.0. The van der Waals surface area contributed by atoms with Crippen LogP contribution in [0.2, 0.25) is 5.02 Å². The number of nitrogens with one attached hydrogen (secondary N) is 1. The summed E-state index contributed by atoms with van der Waals surface area (Å²) in [6, 6.07) is 5.66. The third kappa shape index (κ3) is 5.57. The zero-order chi connectivity index (χ0) is 19.2. The van der Waals surface area contributed by atoms with Gasteiger partial charge in [-0.15, -0.1) is 0 Å². The van der Waals surface area contributed by atoms with Crippen molar-refractivity contribution in [3.63, 3.8) is 0 Å². The first-order valence-electron chi connectivity index (χ1n) is 9.64. The van der Waals surface area contributed by atoms with Crippen LogP contribution in [0.4, 0.5) is 0 Å². The van der Waals surface area contributed by atoms with Crippen molar-refractivity contribution in [1.29, 1.82) is 0 Å². The summed E-state index contributed by atoms with van der Waals surface area (Å²) >= 11 is 5.98. The molecule has 150 valence electrons. The number of hydrogen-bond acceptors (Lipinski definition) is 5. The molecule has 0 spiro atoms. The van der Waals surface area contributed by atoms with Crippen LogP contribution in [0.5, 0.6) is 5.75 Å². The highest BCUT2D eigenvalue weighted by atomic mass is 35.5. The lowest BCUT2D eigenvalue weighted by atomic mass is 9.97. The molecular formula is C20H29ClN2O4. The summed E-state index contributed by atoms with van der Waals surface area (Å²) in [6.45, 7) is 9.12. The molecule has 3 atom stereocenters. The number of carbonyl (C=O) groups is 1. The molecule has 0 aromatic heterocycles. The van der Waals surface area contributed by atoms with Crippen molar-refractivity contribution in [1.82, 2.24) is 10.2 Å². The number of benzene rings is 1. The predicted octanol–water partition coefficient (Wildman–Crippen LogP) is 2.27. The molecule has 0 bridgehead atoms. The van der Waals surface area contributed by atoms with E-state index in [-0.39, 0.29) is 11.9 Å². The molecule has 3 rings (SSSR count). The zero-order valence-electron chi connectivity index (χ0n) is 16.1. The Morgan fingerprint density at radius 1 is 1.33 bits per heavy atom. The lowest BCUT2D eigenvalue weighted by molar-refractivity contribution is -0.127. The minimum absolute atomic E-state index is 0.110. The third-order valence-corrected chi connectivity index (χ3v) is 5.55. The first-order valence-corrected chi connectivity index (χ1v) is 10.0. The van der Waals surface area contributed by atoms with Crippen molar-refractivity contribution < 1.29 is 19.0 Å². The summed E-state index contributed by atoms with van der Waals surface area (Å²) in [7, 11) is 0. The average Bonchev–Trinajstić information content (AvgIpc) is 3.19. The van der Waals surface area contributed by atoms with E-state index in [0.29, 0.717) is 23.2 Å². The number of morpholine rings is 1. The molecular weight excluding hydrogens is 368 g/mol. The van der Waals surface area contributed by atoms with Gasteiger partial charge in [0.1, 0.15) is 5.75 Å². The maximum atomic E-state index is 12.6. The lowest BCUT2D eigenvalue weighted by Crippen LogP contribution is -2.53. The van der Waals surface area contributed by atoms with Gasteiger partial charge in [-0.1, -0.05) is 11.6 Å². The summed E-state index contributed by atoms with van der Waals surface area (Å²) in [5, 5.41) is 3.74. The van der Waals surface area contributed by atoms with E-state index in [9.17, 15) is 4.79 Å². The van der Waals surface area contributed by atoms with Gasteiger partial charge >= 0.3 is 0 Å². The molecule has 0 saturated carbocycles. The summed E-state index contributed by atoms with van der Waals surface area (Å²) in [4.78, 5) is 15.0. The summed E-state index contributed by atoms with van der Waals surface area (Å²) in [6.07, 6.45) is 0.462. The number of halogens is 1. The first-order chi connectivity index (χ1) is 13.0. The minimum Gasteiger partial charge on any atom is -0.481 e. The van der Waals surface area contributed by atoms with E-state index < -0.39 is 6.10 Å². The molecule has 0 radical (unpaired) electrons. The fraction of sp³-hybridized carbons (Fsp3) is 0.650. The van der Waals surface area contributed by atoms with E-state index >= 15 is 0 Å². The fourth-order valence-electron chi connectivity index (χ4n) is 3.70. The Kier molecular flexibility index (Phi) is 7.35. The number of amides is 1. The van der Waals surface area contributed by atoms with Crippen LogP contribution in [0.1, 0.15) is 18.9 Å². The van der Waals surface area contributed by atoms with Gasteiger partial charge in [0.05, 0.1) is 19.8 Å². The molecule has 27 heavy (non-hydrogen) atoms. The number of ether oxygens (including phenoxy) is 3. The van der Waals surface area contributed by atoms with Crippen molar-refractivity contribution in [2.75, 3.05) is 46.1 Å². The number of rotatable bonds is 7. The number of aryl methyl sites for hydroxylation is 1. The van der Waals surface area contributed by atoms with Gasteiger partial charge in [-0.3, -0.25) is 9.69 Å². The van der Waals surface area contributed by atoms with Crippen LogP contribution in [-0.2, 0) is 14.3 Å². The Labute approximate surface area is 166 Å². The van der Waals surface area contributed by atoms with Gasteiger partial charge in [0, 0.05) is 43.2 Å². The Balaban J connectivity index is 1.55. The maximum absolute atomic E-state index is 12.6. The Hall–Kier alpha value is -1.34. The molecule has 2 saturated heterocycles. The highest BCUT2D eigenvalue weighted by molar-refractivity contribution is 6.30. The van der Waals surface area contributed by atoms with E-state index in [1.807, 2.05) is 13.0 Å². The van der Waals surface area contributed by atoms with Gasteiger partial charge in [0.25, 0.3) is 5.91 Å².